The molecule has 0 unspecified atom stereocenters. The standard InChI is InChI=1S/C18H20N2O2/c1-2-10-22-17(21)20(13-18(12-19)8-9-18)16-11-15(16)14-6-4-3-5-7-14/h2-7,15-16H,1,8-11,13H2/t15-,16+/m0/s1. The third-order valence-electron chi connectivity index (χ3n) is 4.51. The third kappa shape index (κ3) is 2.99. The largest absolute Gasteiger partial charge is 0.445 e. The van der Waals surface area contributed by atoms with Crippen LogP contribution < -0.4 is 0 Å². The van der Waals surface area contributed by atoms with Crippen molar-refractivity contribution in [3.05, 3.63) is 48.6 Å². The lowest BCUT2D eigenvalue weighted by molar-refractivity contribution is 0.103. The molecule has 0 radical (unpaired) electrons. The molecule has 0 saturated heterocycles. The maximum Gasteiger partial charge on any atom is 0.410 e. The average Bonchev–Trinajstić information content (AvgIpc) is 3.46. The molecular weight excluding hydrogens is 276 g/mol. The van der Waals surface area contributed by atoms with Crippen LogP contribution in [-0.2, 0) is 4.74 Å². The Morgan fingerprint density at radius 2 is 2.18 bits per heavy atom. The lowest BCUT2D eigenvalue weighted by atomic mass is 10.1. The van der Waals surface area contributed by atoms with Crippen LogP contribution in [0.2, 0.25) is 0 Å². The van der Waals surface area contributed by atoms with Crippen LogP contribution in [0.3, 0.4) is 0 Å². The molecule has 1 aromatic carbocycles. The minimum absolute atomic E-state index is 0.144. The van der Waals surface area contributed by atoms with E-state index in [-0.39, 0.29) is 24.2 Å². The molecule has 1 amide bonds. The minimum atomic E-state index is -0.350. The zero-order valence-corrected chi connectivity index (χ0v) is 12.6. The number of nitrogens with zero attached hydrogens (tertiary/aromatic N) is 2. The lowest BCUT2D eigenvalue weighted by Gasteiger charge is -2.24. The summed E-state index contributed by atoms with van der Waals surface area (Å²) in [6, 6.07) is 12.7. The summed E-state index contributed by atoms with van der Waals surface area (Å²) < 4.78 is 5.22. The van der Waals surface area contributed by atoms with E-state index in [1.165, 1.54) is 5.56 Å². The predicted octanol–water partition coefficient (Wildman–Crippen LogP) is 3.47. The number of hydrogen-bond acceptors (Lipinski definition) is 3. The highest BCUT2D eigenvalue weighted by Gasteiger charge is 2.52. The lowest BCUT2D eigenvalue weighted by Crippen LogP contribution is -2.38. The highest BCUT2D eigenvalue weighted by Crippen LogP contribution is 2.50. The Labute approximate surface area is 131 Å². The molecule has 2 aliphatic carbocycles. The van der Waals surface area contributed by atoms with E-state index in [0.29, 0.717) is 12.5 Å². The fraction of sp³-hybridized carbons (Fsp3) is 0.444. The molecule has 0 aromatic heterocycles. The van der Waals surface area contributed by atoms with Gasteiger partial charge in [0, 0.05) is 18.5 Å². The number of ether oxygens (including phenoxy) is 1. The van der Waals surface area contributed by atoms with Gasteiger partial charge in [-0.1, -0.05) is 43.0 Å². The first-order valence-corrected chi connectivity index (χ1v) is 7.69. The Hall–Kier alpha value is -2.28. The first-order chi connectivity index (χ1) is 10.7. The van der Waals surface area contributed by atoms with E-state index in [2.05, 4.69) is 24.8 Å². The summed E-state index contributed by atoms with van der Waals surface area (Å²) in [5, 5.41) is 9.30. The van der Waals surface area contributed by atoms with Crippen molar-refractivity contribution in [2.24, 2.45) is 5.41 Å². The number of rotatable bonds is 6. The van der Waals surface area contributed by atoms with Crippen LogP contribution in [0.4, 0.5) is 4.79 Å². The fourth-order valence-electron chi connectivity index (χ4n) is 2.90. The van der Waals surface area contributed by atoms with Gasteiger partial charge in [0.15, 0.2) is 0 Å². The van der Waals surface area contributed by atoms with Crippen LogP contribution in [0.1, 0.15) is 30.7 Å². The molecule has 0 aliphatic heterocycles. The summed E-state index contributed by atoms with van der Waals surface area (Å²) in [7, 11) is 0. The normalized spacial score (nSPS) is 24.0. The Balaban J connectivity index is 1.71. The van der Waals surface area contributed by atoms with Crippen LogP contribution in [0.15, 0.2) is 43.0 Å². The van der Waals surface area contributed by atoms with Crippen molar-refractivity contribution in [2.75, 3.05) is 13.2 Å². The first kappa shape index (κ1) is 14.6. The van der Waals surface area contributed by atoms with Crippen LogP contribution >= 0.6 is 0 Å². The van der Waals surface area contributed by atoms with Gasteiger partial charge in [0.05, 0.1) is 11.5 Å². The molecule has 22 heavy (non-hydrogen) atoms. The van der Waals surface area contributed by atoms with Crippen molar-refractivity contribution in [2.45, 2.75) is 31.2 Å². The molecule has 114 valence electrons. The number of carbonyl (C=O) groups excluding carboxylic acids is 1. The van der Waals surface area contributed by atoms with Gasteiger partial charge < -0.3 is 9.64 Å². The highest BCUT2D eigenvalue weighted by atomic mass is 16.6. The Morgan fingerprint density at radius 1 is 1.45 bits per heavy atom. The Kier molecular flexibility index (Phi) is 3.89. The van der Waals surface area contributed by atoms with Crippen molar-refractivity contribution in [1.29, 1.82) is 5.26 Å². The first-order valence-electron chi connectivity index (χ1n) is 7.69. The quantitative estimate of drug-likeness (QED) is 0.755. The molecule has 3 rings (SSSR count). The van der Waals surface area contributed by atoms with Gasteiger partial charge in [-0.05, 0) is 24.8 Å². The van der Waals surface area contributed by atoms with Crippen molar-refractivity contribution in [3.63, 3.8) is 0 Å². The van der Waals surface area contributed by atoms with Gasteiger partial charge in [0.2, 0.25) is 0 Å². The van der Waals surface area contributed by atoms with Crippen molar-refractivity contribution in [3.8, 4) is 6.07 Å². The number of benzene rings is 1. The number of hydrogen-bond donors (Lipinski definition) is 0. The van der Waals surface area contributed by atoms with Crippen molar-refractivity contribution >= 4 is 6.09 Å². The Morgan fingerprint density at radius 3 is 2.77 bits per heavy atom. The average molecular weight is 296 g/mol. The summed E-state index contributed by atoms with van der Waals surface area (Å²) in [5.41, 5.74) is 0.896. The molecule has 2 aliphatic rings. The molecule has 0 heterocycles. The van der Waals surface area contributed by atoms with Gasteiger partial charge in [-0.25, -0.2) is 4.79 Å². The minimum Gasteiger partial charge on any atom is -0.445 e. The van der Waals surface area contributed by atoms with E-state index >= 15 is 0 Å². The molecule has 4 heteroatoms. The smallest absolute Gasteiger partial charge is 0.410 e. The number of amides is 1. The van der Waals surface area contributed by atoms with Crippen LogP contribution in [0, 0.1) is 16.7 Å². The molecule has 4 nitrogen and oxygen atoms in total. The second-order valence-corrected chi connectivity index (χ2v) is 6.21. The number of nitriles is 1. The van der Waals surface area contributed by atoms with Crippen LogP contribution in [-0.4, -0.2) is 30.2 Å². The van der Waals surface area contributed by atoms with Gasteiger partial charge in [-0.15, -0.1) is 0 Å². The summed E-state index contributed by atoms with van der Waals surface area (Å²) in [6.07, 6.45) is 3.92. The van der Waals surface area contributed by atoms with Gasteiger partial charge in [0.25, 0.3) is 0 Å². The molecule has 1 aromatic rings. The van der Waals surface area contributed by atoms with Gasteiger partial charge in [0.1, 0.15) is 6.61 Å². The van der Waals surface area contributed by atoms with E-state index in [4.69, 9.17) is 4.74 Å². The zero-order chi connectivity index (χ0) is 15.6. The molecule has 2 atom stereocenters. The van der Waals surface area contributed by atoms with Gasteiger partial charge in [-0.3, -0.25) is 0 Å². The van der Waals surface area contributed by atoms with E-state index in [0.717, 1.165) is 19.3 Å². The molecule has 0 spiro atoms. The van der Waals surface area contributed by atoms with E-state index in [1.54, 1.807) is 11.0 Å². The Bertz CT molecular complexity index is 601. The summed E-state index contributed by atoms with van der Waals surface area (Å²) >= 11 is 0. The topological polar surface area (TPSA) is 53.3 Å². The maximum atomic E-state index is 12.3. The highest BCUT2D eigenvalue weighted by molar-refractivity contribution is 5.69. The maximum absolute atomic E-state index is 12.3. The summed E-state index contributed by atoms with van der Waals surface area (Å²) in [6.45, 7) is 4.26. The second kappa shape index (κ2) is 5.84. The van der Waals surface area contributed by atoms with Crippen LogP contribution in [0.25, 0.3) is 0 Å². The second-order valence-electron chi connectivity index (χ2n) is 6.21. The SMILES string of the molecule is C=CCOC(=O)N(CC1(C#N)CC1)[C@@H]1C[C@H]1c1ccccc1. The molecule has 2 fully saturated rings. The van der Waals surface area contributed by atoms with Crippen LogP contribution in [0.5, 0.6) is 0 Å². The summed E-state index contributed by atoms with van der Waals surface area (Å²) in [4.78, 5) is 14.1. The van der Waals surface area contributed by atoms with E-state index < -0.39 is 0 Å². The third-order valence-corrected chi connectivity index (χ3v) is 4.51. The molecule has 0 bridgehead atoms. The van der Waals surface area contributed by atoms with Crippen molar-refractivity contribution in [1.82, 2.24) is 4.90 Å². The fourth-order valence-corrected chi connectivity index (χ4v) is 2.90. The monoisotopic (exact) mass is 296 g/mol. The zero-order valence-electron chi connectivity index (χ0n) is 12.6. The van der Waals surface area contributed by atoms with Gasteiger partial charge >= 0.3 is 6.09 Å². The van der Waals surface area contributed by atoms with Crippen molar-refractivity contribution < 1.29 is 9.53 Å². The molecule has 0 N–H and O–H groups in total. The number of carbonyl (C=O) groups is 1. The molecule has 2 saturated carbocycles. The predicted molar refractivity (Wildman–Crippen MR) is 83.1 cm³/mol. The van der Waals surface area contributed by atoms with E-state index in [1.807, 2.05) is 18.2 Å². The molecular formula is C18H20N2O2. The van der Waals surface area contributed by atoms with E-state index in [9.17, 15) is 10.1 Å². The van der Waals surface area contributed by atoms with Gasteiger partial charge in [-0.2, -0.15) is 5.26 Å². The summed E-state index contributed by atoms with van der Waals surface area (Å²) in [5.74, 6) is 0.354.